The van der Waals surface area contributed by atoms with Crippen LogP contribution in [0.25, 0.3) is 11.5 Å². The highest BCUT2D eigenvalue weighted by Crippen LogP contribution is 2.18. The smallest absolute Gasteiger partial charge is 0.276 e. The summed E-state index contributed by atoms with van der Waals surface area (Å²) in [6, 6.07) is 9.30. The molecule has 1 aromatic heterocycles. The number of oxazole rings is 1. The Balaban J connectivity index is 2.16. The van der Waals surface area contributed by atoms with Gasteiger partial charge < -0.3 is 19.0 Å². The van der Waals surface area contributed by atoms with Gasteiger partial charge in [0.25, 0.3) is 5.91 Å². The van der Waals surface area contributed by atoms with E-state index in [0.29, 0.717) is 19.0 Å². The van der Waals surface area contributed by atoms with Crippen LogP contribution in [0.2, 0.25) is 0 Å². The predicted molar refractivity (Wildman–Crippen MR) is 88.4 cm³/mol. The summed E-state index contributed by atoms with van der Waals surface area (Å²) in [5, 5.41) is 0. The van der Waals surface area contributed by atoms with Gasteiger partial charge in [0.1, 0.15) is 12.8 Å². The van der Waals surface area contributed by atoms with Crippen LogP contribution in [0.1, 0.15) is 10.5 Å². The second-order valence-corrected chi connectivity index (χ2v) is 5.41. The lowest BCUT2D eigenvalue weighted by Crippen LogP contribution is -2.42. The quantitative estimate of drug-likeness (QED) is 0.769. The van der Waals surface area contributed by atoms with Crippen LogP contribution >= 0.6 is 0 Å². The van der Waals surface area contributed by atoms with E-state index in [-0.39, 0.29) is 24.1 Å². The molecule has 0 N–H and O–H groups in total. The van der Waals surface area contributed by atoms with Crippen molar-refractivity contribution < 1.29 is 18.7 Å². The molecule has 7 nitrogen and oxygen atoms in total. The average Bonchev–Trinajstić information content (AvgIpc) is 3.08. The molecule has 1 aromatic carbocycles. The van der Waals surface area contributed by atoms with E-state index in [1.54, 1.807) is 21.2 Å². The first-order chi connectivity index (χ1) is 11.5. The van der Waals surface area contributed by atoms with Crippen molar-refractivity contribution in [2.45, 2.75) is 0 Å². The first kappa shape index (κ1) is 17.7. The summed E-state index contributed by atoms with van der Waals surface area (Å²) in [7, 11) is 4.83. The van der Waals surface area contributed by atoms with Crippen molar-refractivity contribution in [2.24, 2.45) is 0 Å². The second kappa shape index (κ2) is 8.26. The van der Waals surface area contributed by atoms with Gasteiger partial charge in [-0.2, -0.15) is 0 Å². The van der Waals surface area contributed by atoms with Crippen LogP contribution in [0.5, 0.6) is 0 Å². The van der Waals surface area contributed by atoms with Crippen LogP contribution in [0.3, 0.4) is 0 Å². The summed E-state index contributed by atoms with van der Waals surface area (Å²) in [5.41, 5.74) is 0.945. The molecular weight excluding hydrogens is 310 g/mol. The van der Waals surface area contributed by atoms with E-state index in [0.717, 1.165) is 5.56 Å². The number of ether oxygens (including phenoxy) is 1. The number of carbonyl (C=O) groups excluding carboxylic acids is 2. The molecule has 0 aliphatic carbocycles. The van der Waals surface area contributed by atoms with Crippen molar-refractivity contribution in [1.82, 2.24) is 14.8 Å². The summed E-state index contributed by atoms with van der Waals surface area (Å²) in [4.78, 5) is 31.6. The number of carbonyl (C=O) groups is 2. The van der Waals surface area contributed by atoms with E-state index in [9.17, 15) is 9.59 Å². The van der Waals surface area contributed by atoms with E-state index in [1.165, 1.54) is 16.1 Å². The zero-order valence-corrected chi connectivity index (χ0v) is 14.1. The number of methoxy groups -OCH3 is 1. The number of hydrogen-bond donors (Lipinski definition) is 0. The Morgan fingerprint density at radius 3 is 2.54 bits per heavy atom. The van der Waals surface area contributed by atoms with Crippen LogP contribution in [-0.2, 0) is 9.53 Å². The molecule has 24 heavy (non-hydrogen) atoms. The molecule has 0 saturated carbocycles. The number of nitrogens with zero attached hydrogens (tertiary/aromatic N) is 3. The molecule has 0 unspecified atom stereocenters. The van der Waals surface area contributed by atoms with Crippen molar-refractivity contribution in [3.63, 3.8) is 0 Å². The number of aromatic nitrogens is 1. The SMILES string of the molecule is COCCN(CC(=O)N(C)C)C(=O)c1coc(-c2ccccc2)n1. The number of amides is 2. The van der Waals surface area contributed by atoms with Gasteiger partial charge in [0.2, 0.25) is 11.8 Å². The molecule has 2 amide bonds. The highest BCUT2D eigenvalue weighted by atomic mass is 16.5. The Hall–Kier alpha value is -2.67. The molecule has 0 aliphatic heterocycles. The van der Waals surface area contributed by atoms with Gasteiger partial charge >= 0.3 is 0 Å². The molecule has 128 valence electrons. The molecular formula is C17H21N3O4. The van der Waals surface area contributed by atoms with Crippen molar-refractivity contribution >= 4 is 11.8 Å². The lowest BCUT2D eigenvalue weighted by atomic mass is 10.2. The van der Waals surface area contributed by atoms with E-state index < -0.39 is 0 Å². The largest absolute Gasteiger partial charge is 0.444 e. The fourth-order valence-corrected chi connectivity index (χ4v) is 2.01. The van der Waals surface area contributed by atoms with Crippen LogP contribution < -0.4 is 0 Å². The number of hydrogen-bond acceptors (Lipinski definition) is 5. The minimum absolute atomic E-state index is 0.0390. The molecule has 1 heterocycles. The monoisotopic (exact) mass is 331 g/mol. The molecule has 0 spiro atoms. The Labute approximate surface area is 140 Å². The van der Waals surface area contributed by atoms with Gasteiger partial charge in [0.15, 0.2) is 5.69 Å². The van der Waals surface area contributed by atoms with Crippen molar-refractivity contribution in [3.8, 4) is 11.5 Å². The standard InChI is InChI=1S/C17H21N3O4/c1-19(2)15(21)11-20(9-10-23-3)17(22)14-12-24-16(18-14)13-7-5-4-6-8-13/h4-8,12H,9-11H2,1-3H3. The zero-order valence-electron chi connectivity index (χ0n) is 14.1. The molecule has 0 fully saturated rings. The molecule has 0 radical (unpaired) electrons. The normalized spacial score (nSPS) is 10.5. The zero-order chi connectivity index (χ0) is 17.5. The van der Waals surface area contributed by atoms with Gasteiger partial charge in [-0.1, -0.05) is 18.2 Å². The maximum absolute atomic E-state index is 12.6. The number of benzene rings is 1. The van der Waals surface area contributed by atoms with Crippen molar-refractivity contribution in [2.75, 3.05) is 40.9 Å². The van der Waals surface area contributed by atoms with Gasteiger partial charge in [-0.25, -0.2) is 4.98 Å². The topological polar surface area (TPSA) is 75.9 Å². The number of rotatable bonds is 7. The van der Waals surface area contributed by atoms with Gasteiger partial charge in [0, 0.05) is 33.3 Å². The first-order valence-corrected chi connectivity index (χ1v) is 7.52. The summed E-state index contributed by atoms with van der Waals surface area (Å²) < 4.78 is 10.4. The third kappa shape index (κ3) is 4.42. The fraction of sp³-hybridized carbons (Fsp3) is 0.353. The van der Waals surface area contributed by atoms with E-state index >= 15 is 0 Å². The molecule has 0 aliphatic rings. The van der Waals surface area contributed by atoms with Crippen LogP contribution in [0, 0.1) is 0 Å². The van der Waals surface area contributed by atoms with Gasteiger partial charge in [0.05, 0.1) is 6.61 Å². The minimum atomic E-state index is -0.367. The van der Waals surface area contributed by atoms with E-state index in [1.807, 2.05) is 30.3 Å². The van der Waals surface area contributed by atoms with Crippen molar-refractivity contribution in [1.29, 1.82) is 0 Å². The molecule has 2 rings (SSSR count). The lowest BCUT2D eigenvalue weighted by Gasteiger charge is -2.22. The first-order valence-electron chi connectivity index (χ1n) is 7.52. The lowest BCUT2D eigenvalue weighted by molar-refractivity contribution is -0.129. The van der Waals surface area contributed by atoms with Crippen molar-refractivity contribution in [3.05, 3.63) is 42.3 Å². The second-order valence-electron chi connectivity index (χ2n) is 5.41. The van der Waals surface area contributed by atoms with Crippen LogP contribution in [0.4, 0.5) is 0 Å². The summed E-state index contributed by atoms with van der Waals surface area (Å²) in [6.07, 6.45) is 1.31. The minimum Gasteiger partial charge on any atom is -0.444 e. The highest BCUT2D eigenvalue weighted by molar-refractivity contribution is 5.95. The number of likely N-dealkylation sites (N-methyl/N-ethyl adjacent to an activating group) is 1. The fourth-order valence-electron chi connectivity index (χ4n) is 2.01. The van der Waals surface area contributed by atoms with Crippen LogP contribution in [0.15, 0.2) is 41.0 Å². The van der Waals surface area contributed by atoms with Gasteiger partial charge in [-0.05, 0) is 12.1 Å². The molecule has 0 saturated heterocycles. The summed E-state index contributed by atoms with van der Waals surface area (Å²) >= 11 is 0. The van der Waals surface area contributed by atoms with E-state index in [2.05, 4.69) is 4.98 Å². The molecule has 7 heteroatoms. The molecule has 2 aromatic rings. The third-order valence-corrected chi connectivity index (χ3v) is 3.42. The third-order valence-electron chi connectivity index (χ3n) is 3.42. The maximum Gasteiger partial charge on any atom is 0.276 e. The predicted octanol–water partition coefficient (Wildman–Crippen LogP) is 1.52. The average molecular weight is 331 g/mol. The molecule has 0 atom stereocenters. The van der Waals surface area contributed by atoms with Crippen LogP contribution in [-0.4, -0.2) is 67.5 Å². The van der Waals surface area contributed by atoms with E-state index in [4.69, 9.17) is 9.15 Å². The molecule has 0 bridgehead atoms. The Morgan fingerprint density at radius 2 is 1.92 bits per heavy atom. The maximum atomic E-state index is 12.6. The Kier molecular flexibility index (Phi) is 6.08. The summed E-state index contributed by atoms with van der Waals surface area (Å²) in [5.74, 6) is -0.177. The van der Waals surface area contributed by atoms with Gasteiger partial charge in [-0.15, -0.1) is 0 Å². The van der Waals surface area contributed by atoms with Gasteiger partial charge in [-0.3, -0.25) is 9.59 Å². The highest BCUT2D eigenvalue weighted by Gasteiger charge is 2.22. The Morgan fingerprint density at radius 1 is 1.21 bits per heavy atom. The Bertz CT molecular complexity index is 682. The summed E-state index contributed by atoms with van der Waals surface area (Å²) in [6.45, 7) is 0.584.